The molecule has 140 valence electrons. The van der Waals surface area contributed by atoms with Gasteiger partial charge in [-0.05, 0) is 51.6 Å². The smallest absolute Gasteiger partial charge is 0.194 e. The number of rotatable bonds is 6. The van der Waals surface area contributed by atoms with Gasteiger partial charge >= 0.3 is 0 Å². The van der Waals surface area contributed by atoms with Crippen LogP contribution in [0.2, 0.25) is 0 Å². The van der Waals surface area contributed by atoms with Crippen LogP contribution in [0.15, 0.2) is 11.2 Å². The number of nitrogens with zero attached hydrogens (tertiary/aromatic N) is 4. The average Bonchev–Trinajstić information content (AvgIpc) is 3.29. The molecule has 0 spiro atoms. The fourth-order valence-electron chi connectivity index (χ4n) is 3.83. The summed E-state index contributed by atoms with van der Waals surface area (Å²) in [6.45, 7) is 12.1. The molecule has 5 nitrogen and oxygen atoms in total. The molecular weight excluding hydrogens is 330 g/mol. The molecule has 0 aromatic carbocycles. The predicted molar refractivity (Wildman–Crippen MR) is 106 cm³/mol. The predicted octanol–water partition coefficient (Wildman–Crippen LogP) is 2.98. The number of guanidine groups is 1. The van der Waals surface area contributed by atoms with E-state index in [1.807, 2.05) is 6.20 Å². The molecule has 1 N–H and O–H groups in total. The first kappa shape index (κ1) is 18.6. The highest BCUT2D eigenvalue weighted by Gasteiger charge is 2.27. The van der Waals surface area contributed by atoms with Gasteiger partial charge in [0.25, 0.3) is 0 Å². The lowest BCUT2D eigenvalue weighted by Gasteiger charge is -2.29. The second-order valence-corrected chi connectivity index (χ2v) is 8.41. The van der Waals surface area contributed by atoms with Crippen molar-refractivity contribution in [3.63, 3.8) is 0 Å². The van der Waals surface area contributed by atoms with Crippen LogP contribution in [0.1, 0.15) is 49.4 Å². The highest BCUT2D eigenvalue weighted by molar-refractivity contribution is 7.11. The summed E-state index contributed by atoms with van der Waals surface area (Å²) >= 11 is 1.79. The zero-order valence-corrected chi connectivity index (χ0v) is 16.7. The average molecular weight is 364 g/mol. The molecule has 0 bridgehead atoms. The van der Waals surface area contributed by atoms with Crippen LogP contribution in [-0.2, 0) is 13.0 Å². The zero-order chi connectivity index (χ0) is 17.5. The van der Waals surface area contributed by atoms with Crippen LogP contribution in [-0.4, -0.2) is 60.0 Å². The molecule has 6 heteroatoms. The number of aliphatic imine (C=N–C) groups is 1. The van der Waals surface area contributed by atoms with E-state index in [0.717, 1.165) is 42.9 Å². The largest absolute Gasteiger partial charge is 0.357 e. The molecule has 1 aromatic rings. The Balaban J connectivity index is 1.53. The van der Waals surface area contributed by atoms with Gasteiger partial charge in [-0.15, -0.1) is 11.3 Å². The zero-order valence-electron chi connectivity index (χ0n) is 15.8. The number of likely N-dealkylation sites (tertiary alicyclic amines) is 2. The first-order valence-electron chi connectivity index (χ1n) is 9.97. The molecule has 0 aliphatic carbocycles. The summed E-state index contributed by atoms with van der Waals surface area (Å²) in [5, 5.41) is 4.60. The second-order valence-electron chi connectivity index (χ2n) is 7.21. The Hall–Kier alpha value is -1.14. The van der Waals surface area contributed by atoms with Crippen LogP contribution in [0.3, 0.4) is 0 Å². The molecule has 0 saturated carbocycles. The van der Waals surface area contributed by atoms with E-state index in [1.54, 1.807) is 11.3 Å². The summed E-state index contributed by atoms with van der Waals surface area (Å²) in [5.41, 5.74) is 0. The molecule has 0 radical (unpaired) electrons. The molecule has 1 atom stereocenters. The Labute approximate surface area is 156 Å². The van der Waals surface area contributed by atoms with Crippen molar-refractivity contribution in [2.75, 3.05) is 39.3 Å². The van der Waals surface area contributed by atoms with Gasteiger partial charge in [0, 0.05) is 37.3 Å². The van der Waals surface area contributed by atoms with E-state index in [9.17, 15) is 0 Å². The topological polar surface area (TPSA) is 43.8 Å². The highest BCUT2D eigenvalue weighted by atomic mass is 32.1. The monoisotopic (exact) mass is 363 g/mol. The van der Waals surface area contributed by atoms with Crippen molar-refractivity contribution in [1.82, 2.24) is 20.1 Å². The summed E-state index contributed by atoms with van der Waals surface area (Å²) in [4.78, 5) is 15.8. The Kier molecular flexibility index (Phi) is 7.11. The molecule has 2 fully saturated rings. The molecule has 0 amide bonds. The summed E-state index contributed by atoms with van der Waals surface area (Å²) in [7, 11) is 0. The second kappa shape index (κ2) is 9.53. The van der Waals surface area contributed by atoms with Crippen molar-refractivity contribution in [1.29, 1.82) is 0 Å². The van der Waals surface area contributed by atoms with E-state index in [4.69, 9.17) is 4.99 Å². The first-order chi connectivity index (χ1) is 12.3. The van der Waals surface area contributed by atoms with Gasteiger partial charge in [-0.3, -0.25) is 0 Å². The summed E-state index contributed by atoms with van der Waals surface area (Å²) < 4.78 is 0. The number of hydrogen-bond acceptors (Lipinski definition) is 4. The quantitative estimate of drug-likeness (QED) is 0.623. The first-order valence-corrected chi connectivity index (χ1v) is 10.8. The van der Waals surface area contributed by atoms with Gasteiger partial charge in [0.2, 0.25) is 0 Å². The van der Waals surface area contributed by atoms with E-state index >= 15 is 0 Å². The van der Waals surface area contributed by atoms with E-state index < -0.39 is 0 Å². The number of hydrogen-bond donors (Lipinski definition) is 1. The summed E-state index contributed by atoms with van der Waals surface area (Å²) in [6.07, 6.45) is 8.53. The maximum Gasteiger partial charge on any atom is 0.194 e. The number of piperidine rings is 1. The van der Waals surface area contributed by atoms with E-state index in [0.29, 0.717) is 6.54 Å². The molecule has 3 rings (SSSR count). The minimum Gasteiger partial charge on any atom is -0.357 e. The Morgan fingerprint density at radius 2 is 2.12 bits per heavy atom. The summed E-state index contributed by atoms with van der Waals surface area (Å²) in [5.74, 6) is 1.85. The maximum atomic E-state index is 4.86. The lowest BCUT2D eigenvalue weighted by molar-refractivity contribution is 0.198. The van der Waals surface area contributed by atoms with Crippen molar-refractivity contribution in [2.45, 2.75) is 52.5 Å². The van der Waals surface area contributed by atoms with Gasteiger partial charge in [0.15, 0.2) is 5.96 Å². The maximum absolute atomic E-state index is 4.86. The molecule has 1 aromatic heterocycles. The molecular formula is C19H33N5S. The summed E-state index contributed by atoms with van der Waals surface area (Å²) in [6, 6.07) is 0. The minimum atomic E-state index is 0.695. The highest BCUT2D eigenvalue weighted by Crippen LogP contribution is 2.20. The van der Waals surface area contributed by atoms with E-state index in [-0.39, 0.29) is 0 Å². The number of aromatic nitrogens is 1. The van der Waals surface area contributed by atoms with Crippen molar-refractivity contribution < 1.29 is 0 Å². The Morgan fingerprint density at radius 1 is 1.28 bits per heavy atom. The Bertz CT molecular complexity index is 550. The molecule has 2 aliphatic heterocycles. The number of aryl methyl sites for hydroxylation is 1. The van der Waals surface area contributed by atoms with Crippen molar-refractivity contribution >= 4 is 17.3 Å². The molecule has 25 heavy (non-hydrogen) atoms. The molecule has 2 saturated heterocycles. The van der Waals surface area contributed by atoms with Crippen LogP contribution in [0, 0.1) is 5.92 Å². The third-order valence-electron chi connectivity index (χ3n) is 5.20. The van der Waals surface area contributed by atoms with Gasteiger partial charge in [-0.2, -0.15) is 0 Å². The van der Waals surface area contributed by atoms with Crippen molar-refractivity contribution in [3.8, 4) is 0 Å². The SMILES string of the molecule is CCNC(=NCc1ncc(CC)s1)N1CCC(CN2CCCCC2)C1. The normalized spacial score (nSPS) is 22.6. The van der Waals surface area contributed by atoms with E-state index in [2.05, 4.69) is 33.9 Å². The fraction of sp³-hybridized carbons (Fsp3) is 0.789. The van der Waals surface area contributed by atoms with E-state index in [1.165, 1.54) is 50.2 Å². The third-order valence-corrected chi connectivity index (χ3v) is 6.33. The molecule has 1 unspecified atom stereocenters. The number of thiazole rings is 1. The molecule has 2 aliphatic rings. The van der Waals surface area contributed by atoms with Gasteiger partial charge in [-0.25, -0.2) is 9.98 Å². The van der Waals surface area contributed by atoms with Crippen LogP contribution in [0.25, 0.3) is 0 Å². The van der Waals surface area contributed by atoms with Crippen LogP contribution in [0.5, 0.6) is 0 Å². The number of nitrogens with one attached hydrogen (secondary N) is 1. The van der Waals surface area contributed by atoms with Crippen molar-refractivity contribution in [2.24, 2.45) is 10.9 Å². The molecule has 3 heterocycles. The van der Waals surface area contributed by atoms with Gasteiger partial charge in [0.1, 0.15) is 5.01 Å². The van der Waals surface area contributed by atoms with Gasteiger partial charge in [-0.1, -0.05) is 13.3 Å². The fourth-order valence-corrected chi connectivity index (χ4v) is 4.62. The minimum absolute atomic E-state index is 0.695. The Morgan fingerprint density at radius 3 is 2.84 bits per heavy atom. The lowest BCUT2D eigenvalue weighted by Crippen LogP contribution is -2.41. The van der Waals surface area contributed by atoms with Crippen LogP contribution in [0.4, 0.5) is 0 Å². The lowest BCUT2D eigenvalue weighted by atomic mass is 10.1. The van der Waals surface area contributed by atoms with Crippen LogP contribution >= 0.6 is 11.3 Å². The van der Waals surface area contributed by atoms with Crippen molar-refractivity contribution in [3.05, 3.63) is 16.1 Å². The van der Waals surface area contributed by atoms with Crippen LogP contribution < -0.4 is 5.32 Å². The van der Waals surface area contributed by atoms with Gasteiger partial charge < -0.3 is 15.1 Å². The standard InChI is InChI=1S/C19H33N5S/c1-3-17-12-21-18(25-17)13-22-19(20-4-2)24-11-8-16(15-24)14-23-9-6-5-7-10-23/h12,16H,3-11,13-15H2,1-2H3,(H,20,22). The third kappa shape index (κ3) is 5.42. The van der Waals surface area contributed by atoms with Gasteiger partial charge in [0.05, 0.1) is 6.54 Å².